The summed E-state index contributed by atoms with van der Waals surface area (Å²) in [7, 11) is -7.78. The second-order valence-electron chi connectivity index (χ2n) is 5.60. The van der Waals surface area contributed by atoms with Crippen LogP contribution < -0.4 is 15.2 Å². The van der Waals surface area contributed by atoms with Gasteiger partial charge in [-0.3, -0.25) is 4.72 Å². The van der Waals surface area contributed by atoms with Gasteiger partial charge in [0.15, 0.2) is 4.47 Å². The second kappa shape index (κ2) is 8.05. The van der Waals surface area contributed by atoms with Crippen molar-refractivity contribution in [1.29, 1.82) is 0 Å². The summed E-state index contributed by atoms with van der Waals surface area (Å²) >= 11 is 7.10. The molecule has 3 aromatic rings. The van der Waals surface area contributed by atoms with E-state index in [9.17, 15) is 16.8 Å². The largest absolute Gasteiger partial charge is 0.379 e. The second-order valence-corrected chi connectivity index (χ2v) is 10.5. The first-order chi connectivity index (χ1) is 13.1. The van der Waals surface area contributed by atoms with Crippen LogP contribution in [0.2, 0.25) is 4.47 Å². The summed E-state index contributed by atoms with van der Waals surface area (Å²) in [5.41, 5.74) is 0.608. The van der Waals surface area contributed by atoms with E-state index in [0.29, 0.717) is 16.7 Å². The molecule has 8 nitrogen and oxygen atoms in total. The van der Waals surface area contributed by atoms with Crippen LogP contribution in [0.4, 0.5) is 11.4 Å². The number of primary sulfonamides is 1. The highest BCUT2D eigenvalue weighted by Crippen LogP contribution is 2.26. The molecule has 1 aromatic heterocycles. The van der Waals surface area contributed by atoms with Crippen LogP contribution in [0.1, 0.15) is 4.88 Å². The van der Waals surface area contributed by atoms with E-state index in [0.717, 1.165) is 4.88 Å². The molecule has 2 aromatic carbocycles. The van der Waals surface area contributed by atoms with Gasteiger partial charge >= 0.3 is 0 Å². The van der Waals surface area contributed by atoms with Gasteiger partial charge in [-0.15, -0.1) is 11.3 Å². The molecular weight excluding hydrogens is 444 g/mol. The number of rotatable bonds is 7. The first-order valence-corrected chi connectivity index (χ1v) is 12.0. The maximum atomic E-state index is 12.8. The van der Waals surface area contributed by atoms with Crippen LogP contribution in [0.15, 0.2) is 64.5 Å². The maximum absolute atomic E-state index is 12.8. The summed E-state index contributed by atoms with van der Waals surface area (Å²) in [4.78, 5) is 4.72. The summed E-state index contributed by atoms with van der Waals surface area (Å²) in [6.45, 7) is 0.361. The van der Waals surface area contributed by atoms with E-state index in [-0.39, 0.29) is 15.5 Å². The summed E-state index contributed by atoms with van der Waals surface area (Å²) in [6, 6.07) is 11.5. The van der Waals surface area contributed by atoms with Crippen molar-refractivity contribution in [3.05, 3.63) is 64.1 Å². The number of anilines is 2. The van der Waals surface area contributed by atoms with Crippen LogP contribution >= 0.6 is 22.9 Å². The fraction of sp³-hybridized carbons (Fsp3) is 0.0625. The molecule has 148 valence electrons. The van der Waals surface area contributed by atoms with E-state index in [1.165, 1.54) is 41.7 Å². The normalized spacial score (nSPS) is 11.9. The molecule has 0 saturated heterocycles. The lowest BCUT2D eigenvalue weighted by molar-refractivity contribution is 0.597. The highest BCUT2D eigenvalue weighted by molar-refractivity contribution is 7.93. The zero-order valence-corrected chi connectivity index (χ0v) is 17.4. The van der Waals surface area contributed by atoms with Crippen LogP contribution in [0, 0.1) is 0 Å². The molecule has 28 heavy (non-hydrogen) atoms. The van der Waals surface area contributed by atoms with Gasteiger partial charge < -0.3 is 5.32 Å². The SMILES string of the molecule is NS(=O)(=O)c1ccc(NS(=O)(=O)c2ccccc2NCc2cnc(Cl)s2)cc1. The quantitative estimate of drug-likeness (QED) is 0.498. The summed E-state index contributed by atoms with van der Waals surface area (Å²) < 4.78 is 51.0. The van der Waals surface area contributed by atoms with Gasteiger partial charge in [-0.25, -0.2) is 27.0 Å². The Morgan fingerprint density at radius 1 is 1.04 bits per heavy atom. The number of hydrogen-bond acceptors (Lipinski definition) is 7. The van der Waals surface area contributed by atoms with Crippen LogP contribution in [-0.2, 0) is 26.6 Å². The number of halogens is 1. The van der Waals surface area contributed by atoms with E-state index in [1.54, 1.807) is 24.4 Å². The fourth-order valence-corrected chi connectivity index (χ4v) is 4.99. The van der Waals surface area contributed by atoms with Crippen LogP contribution in [-0.4, -0.2) is 21.8 Å². The summed E-state index contributed by atoms with van der Waals surface area (Å²) in [5.74, 6) is 0. The van der Waals surface area contributed by atoms with Gasteiger partial charge in [0.1, 0.15) is 4.90 Å². The third-order valence-electron chi connectivity index (χ3n) is 3.59. The van der Waals surface area contributed by atoms with Crippen molar-refractivity contribution in [3.8, 4) is 0 Å². The molecule has 12 heteroatoms. The molecule has 1 heterocycles. The minimum absolute atomic E-state index is 0.0427. The molecule has 0 aliphatic carbocycles. The molecular formula is C16H15ClN4O4S3. The Labute approximate surface area is 171 Å². The van der Waals surface area contributed by atoms with Gasteiger partial charge in [0.25, 0.3) is 10.0 Å². The number of nitrogens with two attached hydrogens (primary N) is 1. The monoisotopic (exact) mass is 458 g/mol. The highest BCUT2D eigenvalue weighted by Gasteiger charge is 2.19. The van der Waals surface area contributed by atoms with E-state index in [4.69, 9.17) is 16.7 Å². The first-order valence-electron chi connectivity index (χ1n) is 7.74. The predicted molar refractivity (Wildman–Crippen MR) is 110 cm³/mol. The predicted octanol–water partition coefficient (Wildman–Crippen LogP) is 2.86. The number of nitrogens with one attached hydrogen (secondary N) is 2. The molecule has 0 unspecified atom stereocenters. The Balaban J connectivity index is 1.81. The number of thiazole rings is 1. The van der Waals surface area contributed by atoms with Gasteiger partial charge in [0.05, 0.1) is 17.1 Å². The van der Waals surface area contributed by atoms with Gasteiger partial charge in [-0.05, 0) is 36.4 Å². The Morgan fingerprint density at radius 3 is 2.32 bits per heavy atom. The molecule has 0 fully saturated rings. The first kappa shape index (κ1) is 20.6. The standard InChI is InChI=1S/C16H15ClN4O4S3/c17-16-20-10-12(26-16)9-19-14-3-1-2-4-15(14)28(24,25)21-11-5-7-13(8-6-11)27(18,22)23/h1-8,10,19,21H,9H2,(H2,18,22,23). The van der Waals surface area contributed by atoms with E-state index >= 15 is 0 Å². The number of para-hydroxylation sites is 1. The summed E-state index contributed by atoms with van der Waals surface area (Å²) in [5, 5.41) is 8.10. The zero-order chi connectivity index (χ0) is 20.4. The number of nitrogens with zero attached hydrogens (tertiary/aromatic N) is 1. The van der Waals surface area contributed by atoms with Gasteiger partial charge in [0.2, 0.25) is 10.0 Å². The Kier molecular flexibility index (Phi) is 5.91. The van der Waals surface area contributed by atoms with Crippen LogP contribution in [0.3, 0.4) is 0 Å². The Morgan fingerprint density at radius 2 is 1.71 bits per heavy atom. The lowest BCUT2D eigenvalue weighted by atomic mass is 10.3. The van der Waals surface area contributed by atoms with Crippen molar-refractivity contribution in [3.63, 3.8) is 0 Å². The van der Waals surface area contributed by atoms with Crippen molar-refractivity contribution in [1.82, 2.24) is 4.98 Å². The third kappa shape index (κ3) is 5.00. The molecule has 0 radical (unpaired) electrons. The molecule has 0 atom stereocenters. The molecule has 0 spiro atoms. The number of aromatic nitrogens is 1. The van der Waals surface area contributed by atoms with Crippen molar-refractivity contribution >= 4 is 54.4 Å². The highest BCUT2D eigenvalue weighted by atomic mass is 35.5. The zero-order valence-electron chi connectivity index (χ0n) is 14.2. The van der Waals surface area contributed by atoms with Gasteiger partial charge in [-0.1, -0.05) is 23.7 Å². The fourth-order valence-electron chi connectivity index (χ4n) is 2.32. The van der Waals surface area contributed by atoms with Crippen LogP contribution in [0.25, 0.3) is 0 Å². The van der Waals surface area contributed by atoms with Crippen molar-refractivity contribution in [2.45, 2.75) is 16.3 Å². The van der Waals surface area contributed by atoms with Crippen molar-refractivity contribution in [2.75, 3.05) is 10.0 Å². The molecule has 0 bridgehead atoms. The molecule has 0 aliphatic rings. The smallest absolute Gasteiger partial charge is 0.263 e. The minimum atomic E-state index is -3.92. The summed E-state index contributed by atoms with van der Waals surface area (Å²) in [6.07, 6.45) is 1.61. The lowest BCUT2D eigenvalue weighted by Gasteiger charge is -2.13. The molecule has 3 rings (SSSR count). The molecule has 0 aliphatic heterocycles. The molecule has 0 saturated carbocycles. The topological polar surface area (TPSA) is 131 Å². The van der Waals surface area contributed by atoms with Gasteiger partial charge in [-0.2, -0.15) is 0 Å². The third-order valence-corrected chi connectivity index (χ3v) is 7.07. The average molecular weight is 459 g/mol. The number of sulfonamides is 2. The Bertz CT molecular complexity index is 1190. The van der Waals surface area contributed by atoms with E-state index in [2.05, 4.69) is 15.0 Å². The van der Waals surface area contributed by atoms with E-state index in [1.807, 2.05) is 0 Å². The number of hydrogen-bond donors (Lipinski definition) is 3. The Hall–Kier alpha value is -2.18. The minimum Gasteiger partial charge on any atom is -0.379 e. The molecule has 4 N–H and O–H groups in total. The van der Waals surface area contributed by atoms with E-state index < -0.39 is 20.0 Å². The van der Waals surface area contributed by atoms with Crippen LogP contribution in [0.5, 0.6) is 0 Å². The van der Waals surface area contributed by atoms with Crippen molar-refractivity contribution < 1.29 is 16.8 Å². The lowest BCUT2D eigenvalue weighted by Crippen LogP contribution is -2.16. The van der Waals surface area contributed by atoms with Gasteiger partial charge in [0, 0.05) is 16.8 Å². The number of benzene rings is 2. The average Bonchev–Trinajstić information content (AvgIpc) is 3.05. The maximum Gasteiger partial charge on any atom is 0.263 e. The molecule has 0 amide bonds. The van der Waals surface area contributed by atoms with Crippen molar-refractivity contribution in [2.24, 2.45) is 5.14 Å².